The van der Waals surface area contributed by atoms with Crippen molar-refractivity contribution in [1.29, 1.82) is 0 Å². The summed E-state index contributed by atoms with van der Waals surface area (Å²) >= 11 is 0. The molecule has 1 saturated heterocycles. The molecule has 1 amide bonds. The zero-order valence-electron chi connectivity index (χ0n) is 11.9. The zero-order valence-corrected chi connectivity index (χ0v) is 11.9. The van der Waals surface area contributed by atoms with E-state index in [0.29, 0.717) is 13.2 Å². The molecule has 1 aromatic rings. The smallest absolute Gasteiger partial charge is 0.326 e. The van der Waals surface area contributed by atoms with E-state index in [1.165, 1.54) is 11.8 Å². The number of ether oxygens (including phenoxy) is 2. The van der Waals surface area contributed by atoms with Crippen molar-refractivity contribution in [2.45, 2.75) is 25.6 Å². The fourth-order valence-corrected chi connectivity index (χ4v) is 2.13. The Kier molecular flexibility index (Phi) is 5.30. The van der Waals surface area contributed by atoms with Crippen molar-refractivity contribution >= 4 is 11.9 Å². The van der Waals surface area contributed by atoms with Crippen molar-refractivity contribution in [2.75, 3.05) is 19.8 Å². The first kappa shape index (κ1) is 15.5. The molecule has 1 aliphatic rings. The molecule has 6 nitrogen and oxygen atoms in total. The summed E-state index contributed by atoms with van der Waals surface area (Å²) in [5, 5.41) is 9.21. The monoisotopic (exact) mass is 293 g/mol. The van der Waals surface area contributed by atoms with E-state index in [1.807, 2.05) is 30.3 Å². The Balaban J connectivity index is 2.14. The van der Waals surface area contributed by atoms with Gasteiger partial charge < -0.3 is 19.5 Å². The van der Waals surface area contributed by atoms with Crippen molar-refractivity contribution in [3.05, 3.63) is 35.9 Å². The van der Waals surface area contributed by atoms with E-state index in [1.54, 1.807) is 0 Å². The fraction of sp³-hybridized carbons (Fsp3) is 0.467. The summed E-state index contributed by atoms with van der Waals surface area (Å²) in [7, 11) is 0. The van der Waals surface area contributed by atoms with E-state index in [2.05, 4.69) is 0 Å². The number of nitrogens with zero attached hydrogens (tertiary/aromatic N) is 1. The van der Waals surface area contributed by atoms with Crippen molar-refractivity contribution in [2.24, 2.45) is 0 Å². The molecule has 1 N–H and O–H groups in total. The van der Waals surface area contributed by atoms with Crippen LogP contribution < -0.4 is 0 Å². The maximum atomic E-state index is 12.5. The van der Waals surface area contributed by atoms with Gasteiger partial charge in [-0.2, -0.15) is 0 Å². The molecule has 114 valence electrons. The summed E-state index contributed by atoms with van der Waals surface area (Å²) < 4.78 is 10.6. The number of carbonyl (C=O) groups excluding carboxylic acids is 1. The first-order chi connectivity index (χ1) is 10.1. The van der Waals surface area contributed by atoms with Gasteiger partial charge in [-0.05, 0) is 12.5 Å². The van der Waals surface area contributed by atoms with E-state index < -0.39 is 18.1 Å². The number of carbonyl (C=O) groups is 2. The number of carboxylic acid groups (broad SMARTS) is 1. The summed E-state index contributed by atoms with van der Waals surface area (Å²) in [5.41, 5.74) is 0.871. The van der Waals surface area contributed by atoms with Crippen molar-refractivity contribution in [3.8, 4) is 0 Å². The molecule has 0 aromatic heterocycles. The van der Waals surface area contributed by atoms with Crippen LogP contribution in [0.25, 0.3) is 0 Å². The van der Waals surface area contributed by atoms with Gasteiger partial charge in [-0.1, -0.05) is 30.3 Å². The second-order valence-electron chi connectivity index (χ2n) is 4.90. The van der Waals surface area contributed by atoms with Crippen LogP contribution in [0.15, 0.2) is 30.3 Å². The Hall–Kier alpha value is -1.92. The molecule has 1 heterocycles. The van der Waals surface area contributed by atoms with E-state index in [0.717, 1.165) is 5.56 Å². The van der Waals surface area contributed by atoms with Crippen molar-refractivity contribution in [1.82, 2.24) is 4.90 Å². The van der Waals surface area contributed by atoms with Gasteiger partial charge >= 0.3 is 5.97 Å². The molecule has 1 aromatic carbocycles. The molecule has 0 bridgehead atoms. The van der Waals surface area contributed by atoms with Crippen LogP contribution in [0.5, 0.6) is 0 Å². The van der Waals surface area contributed by atoms with Gasteiger partial charge in [-0.3, -0.25) is 4.79 Å². The Labute approximate surface area is 123 Å². The lowest BCUT2D eigenvalue weighted by molar-refractivity contribution is -0.165. The minimum atomic E-state index is -1.05. The van der Waals surface area contributed by atoms with Crippen LogP contribution in [0, 0.1) is 0 Å². The molecule has 21 heavy (non-hydrogen) atoms. The van der Waals surface area contributed by atoms with Gasteiger partial charge in [0, 0.05) is 6.54 Å². The molecular formula is C15H19NO5. The third-order valence-corrected chi connectivity index (χ3v) is 3.40. The lowest BCUT2D eigenvalue weighted by atomic mass is 10.1. The molecule has 2 rings (SSSR count). The average molecular weight is 293 g/mol. The van der Waals surface area contributed by atoms with Crippen LogP contribution in [0.3, 0.4) is 0 Å². The van der Waals surface area contributed by atoms with Crippen LogP contribution in [0.1, 0.15) is 12.5 Å². The quantitative estimate of drug-likeness (QED) is 0.873. The predicted octanol–water partition coefficient (Wildman–Crippen LogP) is 0.904. The zero-order chi connectivity index (χ0) is 15.2. The average Bonchev–Trinajstić information content (AvgIpc) is 2.53. The second-order valence-corrected chi connectivity index (χ2v) is 4.90. The lowest BCUT2D eigenvalue weighted by Crippen LogP contribution is -2.50. The lowest BCUT2D eigenvalue weighted by Gasteiger charge is -2.31. The molecular weight excluding hydrogens is 274 g/mol. The van der Waals surface area contributed by atoms with E-state index in [9.17, 15) is 14.7 Å². The van der Waals surface area contributed by atoms with Crippen LogP contribution in [0.2, 0.25) is 0 Å². The van der Waals surface area contributed by atoms with Gasteiger partial charge in [0.1, 0.15) is 6.04 Å². The first-order valence-corrected chi connectivity index (χ1v) is 6.86. The van der Waals surface area contributed by atoms with Gasteiger partial charge in [0.05, 0.1) is 19.8 Å². The minimum Gasteiger partial charge on any atom is -0.480 e. The number of aliphatic carboxylic acids is 1. The third-order valence-electron chi connectivity index (χ3n) is 3.40. The molecule has 1 fully saturated rings. The third kappa shape index (κ3) is 4.03. The highest BCUT2D eigenvalue weighted by atomic mass is 16.6. The highest BCUT2D eigenvalue weighted by Gasteiger charge is 2.33. The normalized spacial score (nSPS) is 19.8. The molecule has 0 spiro atoms. The minimum absolute atomic E-state index is 0.163. The number of hydrogen-bond donors (Lipinski definition) is 1. The van der Waals surface area contributed by atoms with Crippen molar-refractivity contribution in [3.63, 3.8) is 0 Å². The van der Waals surface area contributed by atoms with E-state index >= 15 is 0 Å². The molecule has 0 radical (unpaired) electrons. The molecule has 0 saturated carbocycles. The molecule has 0 aliphatic carbocycles. The Morgan fingerprint density at radius 2 is 2.05 bits per heavy atom. The molecule has 0 unspecified atom stereocenters. The molecule has 2 atom stereocenters. The number of hydrogen-bond acceptors (Lipinski definition) is 4. The Morgan fingerprint density at radius 1 is 1.33 bits per heavy atom. The van der Waals surface area contributed by atoms with Gasteiger partial charge in [0.15, 0.2) is 6.10 Å². The van der Waals surface area contributed by atoms with Gasteiger partial charge in [0.25, 0.3) is 5.91 Å². The number of carboxylic acids is 1. The topological polar surface area (TPSA) is 76.1 Å². The standard InChI is InChI=1S/C15H19NO5/c1-11(15(18)19)16(9-12-5-3-2-4-6-12)14(17)13-10-20-7-8-21-13/h2-6,11,13H,7-10H2,1H3,(H,18,19)/t11-,13+/m0/s1. The highest BCUT2D eigenvalue weighted by Crippen LogP contribution is 2.13. The first-order valence-electron chi connectivity index (χ1n) is 6.86. The maximum Gasteiger partial charge on any atom is 0.326 e. The summed E-state index contributed by atoms with van der Waals surface area (Å²) in [5.74, 6) is -1.40. The summed E-state index contributed by atoms with van der Waals surface area (Å²) in [6.07, 6.45) is -0.732. The number of amides is 1. The summed E-state index contributed by atoms with van der Waals surface area (Å²) in [6, 6.07) is 8.35. The number of rotatable bonds is 5. The van der Waals surface area contributed by atoms with Gasteiger partial charge in [-0.25, -0.2) is 4.79 Å². The van der Waals surface area contributed by atoms with Gasteiger partial charge in [0.2, 0.25) is 0 Å². The predicted molar refractivity (Wildman–Crippen MR) is 74.6 cm³/mol. The van der Waals surface area contributed by atoms with Gasteiger partial charge in [-0.15, -0.1) is 0 Å². The molecule has 6 heteroatoms. The highest BCUT2D eigenvalue weighted by molar-refractivity contribution is 5.86. The number of benzene rings is 1. The van der Waals surface area contributed by atoms with Crippen molar-refractivity contribution < 1.29 is 24.2 Å². The fourth-order valence-electron chi connectivity index (χ4n) is 2.13. The largest absolute Gasteiger partial charge is 0.480 e. The Bertz CT molecular complexity index is 484. The van der Waals surface area contributed by atoms with E-state index in [-0.39, 0.29) is 19.1 Å². The van der Waals surface area contributed by atoms with Crippen LogP contribution >= 0.6 is 0 Å². The Morgan fingerprint density at radius 3 is 2.62 bits per heavy atom. The summed E-state index contributed by atoms with van der Waals surface area (Å²) in [6.45, 7) is 2.68. The van der Waals surface area contributed by atoms with Crippen LogP contribution in [-0.4, -0.2) is 53.8 Å². The molecule has 1 aliphatic heterocycles. The van der Waals surface area contributed by atoms with Crippen LogP contribution in [0.4, 0.5) is 0 Å². The maximum absolute atomic E-state index is 12.5. The second kappa shape index (κ2) is 7.19. The SMILES string of the molecule is C[C@@H](C(=O)O)N(Cc1ccccc1)C(=O)[C@H]1COCCO1. The van der Waals surface area contributed by atoms with Crippen LogP contribution in [-0.2, 0) is 25.6 Å². The van der Waals surface area contributed by atoms with E-state index in [4.69, 9.17) is 9.47 Å². The summed E-state index contributed by atoms with van der Waals surface area (Å²) in [4.78, 5) is 25.1.